The molecule has 1 N–H and O–H groups in total. The van der Waals surface area contributed by atoms with Gasteiger partial charge < -0.3 is 10.0 Å². The Balaban J connectivity index is 2.23. The van der Waals surface area contributed by atoms with Gasteiger partial charge in [0.15, 0.2) is 5.15 Å². The standard InChI is InChI=1S/C15H14ClFN2O2/c16-15-13(5-2-7-18-15)19(8-6-14(20)21)10-11-3-1-4-12(17)9-11/h1-5,7,9H,6,8,10H2,(H,20,21). The van der Waals surface area contributed by atoms with Gasteiger partial charge in [-0.25, -0.2) is 9.37 Å². The molecule has 0 fully saturated rings. The highest BCUT2D eigenvalue weighted by Crippen LogP contribution is 2.25. The van der Waals surface area contributed by atoms with Gasteiger partial charge in [-0.2, -0.15) is 0 Å². The van der Waals surface area contributed by atoms with Crippen LogP contribution < -0.4 is 4.90 Å². The molecule has 0 aliphatic carbocycles. The van der Waals surface area contributed by atoms with Crippen LogP contribution in [-0.2, 0) is 11.3 Å². The van der Waals surface area contributed by atoms with Gasteiger partial charge in [0.05, 0.1) is 12.1 Å². The number of benzene rings is 1. The number of anilines is 1. The summed E-state index contributed by atoms with van der Waals surface area (Å²) >= 11 is 6.06. The number of carboxylic acids is 1. The number of nitrogens with zero attached hydrogens (tertiary/aromatic N) is 2. The van der Waals surface area contributed by atoms with Gasteiger partial charge in [-0.15, -0.1) is 0 Å². The third-order valence-electron chi connectivity index (χ3n) is 2.94. The van der Waals surface area contributed by atoms with E-state index in [1.165, 1.54) is 12.1 Å². The molecule has 0 bridgehead atoms. The molecule has 21 heavy (non-hydrogen) atoms. The van der Waals surface area contributed by atoms with Gasteiger partial charge >= 0.3 is 5.97 Å². The molecule has 0 atom stereocenters. The van der Waals surface area contributed by atoms with E-state index < -0.39 is 5.97 Å². The zero-order valence-corrected chi connectivity index (χ0v) is 11.9. The summed E-state index contributed by atoms with van der Waals surface area (Å²) in [6.07, 6.45) is 1.52. The van der Waals surface area contributed by atoms with Gasteiger partial charge in [-0.3, -0.25) is 4.79 Å². The third kappa shape index (κ3) is 4.43. The number of pyridine rings is 1. The van der Waals surface area contributed by atoms with Crippen molar-refractivity contribution < 1.29 is 14.3 Å². The zero-order valence-electron chi connectivity index (χ0n) is 11.2. The third-order valence-corrected chi connectivity index (χ3v) is 3.23. The van der Waals surface area contributed by atoms with Crippen molar-refractivity contribution >= 4 is 23.3 Å². The lowest BCUT2D eigenvalue weighted by atomic mass is 10.2. The largest absolute Gasteiger partial charge is 0.481 e. The molecule has 110 valence electrons. The Labute approximate surface area is 126 Å². The van der Waals surface area contributed by atoms with E-state index in [1.807, 2.05) is 0 Å². The molecule has 0 saturated heterocycles. The zero-order chi connectivity index (χ0) is 15.2. The van der Waals surface area contributed by atoms with Gasteiger partial charge in [0.1, 0.15) is 5.82 Å². The van der Waals surface area contributed by atoms with Crippen LogP contribution in [0.4, 0.5) is 10.1 Å². The highest BCUT2D eigenvalue weighted by molar-refractivity contribution is 6.32. The summed E-state index contributed by atoms with van der Waals surface area (Å²) in [5, 5.41) is 9.14. The predicted molar refractivity (Wildman–Crippen MR) is 78.9 cm³/mol. The molecule has 1 heterocycles. The summed E-state index contributed by atoms with van der Waals surface area (Å²) in [7, 11) is 0. The van der Waals surface area contributed by atoms with E-state index in [-0.39, 0.29) is 18.8 Å². The number of aliphatic carboxylic acids is 1. The molecule has 0 spiro atoms. The quantitative estimate of drug-likeness (QED) is 0.831. The van der Waals surface area contributed by atoms with Crippen LogP contribution >= 0.6 is 11.6 Å². The molecule has 0 unspecified atom stereocenters. The summed E-state index contributed by atoms with van der Waals surface area (Å²) < 4.78 is 13.3. The highest BCUT2D eigenvalue weighted by atomic mass is 35.5. The number of halogens is 2. The van der Waals surface area contributed by atoms with Crippen molar-refractivity contribution in [3.05, 3.63) is 59.1 Å². The second kappa shape index (κ2) is 7.04. The van der Waals surface area contributed by atoms with E-state index in [2.05, 4.69) is 4.98 Å². The minimum absolute atomic E-state index is 0.0411. The van der Waals surface area contributed by atoms with Gasteiger partial charge in [0.25, 0.3) is 0 Å². The van der Waals surface area contributed by atoms with Gasteiger partial charge in [-0.1, -0.05) is 23.7 Å². The minimum atomic E-state index is -0.903. The number of hydrogen-bond donors (Lipinski definition) is 1. The first-order valence-electron chi connectivity index (χ1n) is 6.38. The molecule has 2 rings (SSSR count). The molecule has 2 aromatic rings. The second-order valence-corrected chi connectivity index (χ2v) is 4.87. The SMILES string of the molecule is O=C(O)CCN(Cc1cccc(F)c1)c1cccnc1Cl. The van der Waals surface area contributed by atoms with Crippen molar-refractivity contribution in [1.29, 1.82) is 0 Å². The first-order chi connectivity index (χ1) is 10.1. The predicted octanol–water partition coefficient (Wildman–Crippen LogP) is 3.36. The Morgan fingerprint density at radius 3 is 2.81 bits per heavy atom. The number of hydrogen-bond acceptors (Lipinski definition) is 3. The van der Waals surface area contributed by atoms with E-state index in [4.69, 9.17) is 16.7 Å². The molecule has 1 aromatic carbocycles. The first-order valence-corrected chi connectivity index (χ1v) is 6.76. The van der Waals surface area contributed by atoms with Crippen molar-refractivity contribution in [3.8, 4) is 0 Å². The number of carbonyl (C=O) groups is 1. The van der Waals surface area contributed by atoms with Crippen molar-refractivity contribution in [1.82, 2.24) is 4.98 Å². The molecule has 0 aliphatic heterocycles. The van der Waals surface area contributed by atoms with Crippen LogP contribution in [-0.4, -0.2) is 22.6 Å². The molecular formula is C15H14ClFN2O2. The summed E-state index contributed by atoms with van der Waals surface area (Å²) in [4.78, 5) is 16.6. The van der Waals surface area contributed by atoms with E-state index in [0.717, 1.165) is 5.56 Å². The normalized spacial score (nSPS) is 10.4. The molecule has 0 aliphatic rings. The Morgan fingerprint density at radius 2 is 2.14 bits per heavy atom. The maximum absolute atomic E-state index is 13.3. The topological polar surface area (TPSA) is 53.4 Å². The summed E-state index contributed by atoms with van der Waals surface area (Å²) in [5.74, 6) is -1.23. The molecule has 0 amide bonds. The Kier molecular flexibility index (Phi) is 5.11. The van der Waals surface area contributed by atoms with E-state index in [9.17, 15) is 9.18 Å². The number of carboxylic acid groups (broad SMARTS) is 1. The summed E-state index contributed by atoms with van der Waals surface area (Å²) in [6, 6.07) is 9.66. The maximum atomic E-state index is 13.3. The van der Waals surface area contributed by atoms with Crippen molar-refractivity contribution in [2.45, 2.75) is 13.0 Å². The van der Waals surface area contributed by atoms with Crippen LogP contribution in [0.15, 0.2) is 42.6 Å². The Hall–Kier alpha value is -2.14. The first kappa shape index (κ1) is 15.3. The van der Waals surface area contributed by atoms with E-state index in [1.54, 1.807) is 35.4 Å². The Bertz CT molecular complexity index is 637. The fraction of sp³-hybridized carbons (Fsp3) is 0.200. The van der Waals surface area contributed by atoms with Crippen LogP contribution in [0, 0.1) is 5.82 Å². The van der Waals surface area contributed by atoms with Gasteiger partial charge in [0.2, 0.25) is 0 Å². The van der Waals surface area contributed by atoms with Gasteiger partial charge in [0, 0.05) is 19.3 Å². The molecule has 0 radical (unpaired) electrons. The monoisotopic (exact) mass is 308 g/mol. The molecule has 4 nitrogen and oxygen atoms in total. The second-order valence-electron chi connectivity index (χ2n) is 4.51. The van der Waals surface area contributed by atoms with Gasteiger partial charge in [-0.05, 0) is 29.8 Å². The lowest BCUT2D eigenvalue weighted by Crippen LogP contribution is -2.26. The molecule has 1 aromatic heterocycles. The van der Waals surface area contributed by atoms with Crippen LogP contribution in [0.1, 0.15) is 12.0 Å². The van der Waals surface area contributed by atoms with Crippen LogP contribution in [0.3, 0.4) is 0 Å². The van der Waals surface area contributed by atoms with E-state index >= 15 is 0 Å². The molecule has 0 saturated carbocycles. The van der Waals surface area contributed by atoms with Crippen LogP contribution in [0.2, 0.25) is 5.15 Å². The fourth-order valence-electron chi connectivity index (χ4n) is 1.98. The smallest absolute Gasteiger partial charge is 0.305 e. The summed E-state index contributed by atoms with van der Waals surface area (Å²) in [5.41, 5.74) is 1.37. The average molecular weight is 309 g/mol. The summed E-state index contributed by atoms with van der Waals surface area (Å²) in [6.45, 7) is 0.619. The van der Waals surface area contributed by atoms with E-state index in [0.29, 0.717) is 17.4 Å². The lowest BCUT2D eigenvalue weighted by molar-refractivity contribution is -0.136. The number of aromatic nitrogens is 1. The average Bonchev–Trinajstić information content (AvgIpc) is 2.44. The minimum Gasteiger partial charge on any atom is -0.481 e. The number of rotatable bonds is 6. The highest BCUT2D eigenvalue weighted by Gasteiger charge is 2.13. The maximum Gasteiger partial charge on any atom is 0.305 e. The Morgan fingerprint density at radius 1 is 1.33 bits per heavy atom. The van der Waals surface area contributed by atoms with Crippen molar-refractivity contribution in [2.24, 2.45) is 0 Å². The lowest BCUT2D eigenvalue weighted by Gasteiger charge is -2.24. The van der Waals surface area contributed by atoms with Crippen molar-refractivity contribution in [2.75, 3.05) is 11.4 Å². The fourth-order valence-corrected chi connectivity index (χ4v) is 2.22. The van der Waals surface area contributed by atoms with Crippen molar-refractivity contribution in [3.63, 3.8) is 0 Å². The van der Waals surface area contributed by atoms with Crippen LogP contribution in [0.25, 0.3) is 0 Å². The van der Waals surface area contributed by atoms with Crippen LogP contribution in [0.5, 0.6) is 0 Å². The molecule has 6 heteroatoms. The molecular weight excluding hydrogens is 295 g/mol.